The zero-order valence-corrected chi connectivity index (χ0v) is 23.1. The molecule has 0 spiro atoms. The van der Waals surface area contributed by atoms with E-state index in [1.807, 2.05) is 70.2 Å². The molecule has 0 radical (unpaired) electrons. The molecule has 2 aromatic rings. The molecule has 0 aromatic heterocycles. The van der Waals surface area contributed by atoms with Crippen LogP contribution in [0.1, 0.15) is 69.9 Å². The third-order valence-corrected chi connectivity index (χ3v) is 7.47. The van der Waals surface area contributed by atoms with Gasteiger partial charge in [0.05, 0.1) is 26.9 Å². The van der Waals surface area contributed by atoms with Crippen LogP contribution < -0.4 is 14.2 Å². The van der Waals surface area contributed by atoms with E-state index in [0.29, 0.717) is 54.4 Å². The molecule has 38 heavy (non-hydrogen) atoms. The van der Waals surface area contributed by atoms with Gasteiger partial charge in [0.15, 0.2) is 17.3 Å². The fourth-order valence-corrected chi connectivity index (χ4v) is 5.42. The predicted octanol–water partition coefficient (Wildman–Crippen LogP) is 6.02. The van der Waals surface area contributed by atoms with Crippen molar-refractivity contribution in [1.29, 1.82) is 0 Å². The molecule has 0 bridgehead atoms. The summed E-state index contributed by atoms with van der Waals surface area (Å²) < 4.78 is 22.6. The molecule has 202 valence electrons. The molecule has 4 atom stereocenters. The second-order valence-electron chi connectivity index (χ2n) is 9.84. The van der Waals surface area contributed by atoms with Crippen LogP contribution in [0.3, 0.4) is 0 Å². The first-order valence-corrected chi connectivity index (χ1v) is 13.3. The van der Waals surface area contributed by atoms with Crippen molar-refractivity contribution in [2.45, 2.75) is 64.9 Å². The normalized spacial score (nSPS) is 21.8. The Morgan fingerprint density at radius 2 is 1.76 bits per heavy atom. The Morgan fingerprint density at radius 3 is 2.45 bits per heavy atom. The first-order valence-electron chi connectivity index (χ1n) is 13.3. The maximum absolute atomic E-state index is 13.9. The zero-order valence-electron chi connectivity index (χ0n) is 23.1. The number of Topliss-reactive ketones (excluding diaryl/α,β-unsaturated/α-hetero) is 1. The monoisotopic (exact) mass is 519 g/mol. The number of para-hydroxylation sites is 1. The van der Waals surface area contributed by atoms with Crippen LogP contribution in [-0.2, 0) is 14.3 Å². The molecule has 2 aliphatic rings. The highest BCUT2D eigenvalue weighted by Crippen LogP contribution is 2.49. The average molecular weight is 520 g/mol. The largest absolute Gasteiger partial charge is 0.494 e. The number of methoxy groups -OCH3 is 2. The van der Waals surface area contributed by atoms with Gasteiger partial charge in [-0.3, -0.25) is 14.6 Å². The van der Waals surface area contributed by atoms with Gasteiger partial charge in [0.2, 0.25) is 0 Å². The van der Waals surface area contributed by atoms with E-state index >= 15 is 0 Å². The molecule has 1 unspecified atom stereocenters. The fraction of sp³-hybridized carbons (Fsp3) is 0.452. The van der Waals surface area contributed by atoms with E-state index in [-0.39, 0.29) is 23.8 Å². The summed E-state index contributed by atoms with van der Waals surface area (Å²) >= 11 is 0. The van der Waals surface area contributed by atoms with Gasteiger partial charge in [-0.1, -0.05) is 31.2 Å². The summed E-state index contributed by atoms with van der Waals surface area (Å²) in [5, 5.41) is 0. The van der Waals surface area contributed by atoms with E-state index in [4.69, 9.17) is 23.9 Å². The number of ether oxygens (including phenoxy) is 4. The van der Waals surface area contributed by atoms with Crippen molar-refractivity contribution in [2.24, 2.45) is 10.9 Å². The third-order valence-electron chi connectivity index (χ3n) is 7.47. The summed E-state index contributed by atoms with van der Waals surface area (Å²) in [4.78, 5) is 32.3. The quantitative estimate of drug-likeness (QED) is 0.377. The summed E-state index contributed by atoms with van der Waals surface area (Å²) in [5.74, 6) is 0.253. The van der Waals surface area contributed by atoms with Crippen LogP contribution in [0.25, 0.3) is 0 Å². The molecule has 2 aromatic carbocycles. The minimum absolute atomic E-state index is 0.0140. The Kier molecular flexibility index (Phi) is 8.55. The van der Waals surface area contributed by atoms with E-state index in [1.165, 1.54) is 0 Å². The fourth-order valence-electron chi connectivity index (χ4n) is 5.42. The molecule has 4 rings (SSSR count). The van der Waals surface area contributed by atoms with Gasteiger partial charge in [-0.05, 0) is 63.3 Å². The number of hydrogen-bond acceptors (Lipinski definition) is 7. The Bertz CT molecular complexity index is 1260. The molecular formula is C31H37NO6. The number of hydrogen-bond donors (Lipinski definition) is 0. The van der Waals surface area contributed by atoms with Crippen LogP contribution in [0, 0.1) is 5.92 Å². The first-order chi connectivity index (χ1) is 18.3. The summed E-state index contributed by atoms with van der Waals surface area (Å²) in [7, 11) is 3.20. The van der Waals surface area contributed by atoms with Crippen molar-refractivity contribution in [3.63, 3.8) is 0 Å². The molecule has 7 heteroatoms. The molecule has 1 aliphatic carbocycles. The number of ketones is 1. The highest BCUT2D eigenvalue weighted by atomic mass is 16.5. The number of carbonyl (C=O) groups excluding carboxylic acids is 2. The molecule has 0 saturated heterocycles. The smallest absolute Gasteiger partial charge is 0.315 e. The molecular weight excluding hydrogens is 482 g/mol. The maximum Gasteiger partial charge on any atom is 0.315 e. The van der Waals surface area contributed by atoms with Crippen molar-refractivity contribution in [3.8, 4) is 17.2 Å². The number of aliphatic imine (C=N–C) groups is 1. The lowest BCUT2D eigenvalue weighted by atomic mass is 9.69. The molecule has 0 amide bonds. The molecule has 7 nitrogen and oxygen atoms in total. The summed E-state index contributed by atoms with van der Waals surface area (Å²) in [6.07, 6.45) is 1.36. The summed E-state index contributed by atoms with van der Waals surface area (Å²) in [6, 6.07) is 13.4. The minimum atomic E-state index is -0.703. The standard InChI is InChI=1S/C31H37NO6/c1-7-18(3)38-31(34)28-19(4)32-23-15-21(20-13-14-26(35-5)27(17-20)36-6)16-24(33)30(23)29(28)22-11-9-10-12-25(22)37-8-2/h9-14,17-18,21,28-29H,7-8,15-16H2,1-6H3/t18-,21-,28?,29+/m1/s1. The Hall–Kier alpha value is -3.61. The van der Waals surface area contributed by atoms with Gasteiger partial charge in [0.25, 0.3) is 0 Å². The summed E-state index contributed by atoms with van der Waals surface area (Å²) in [6.45, 7) is 8.10. The Labute approximate surface area is 224 Å². The van der Waals surface area contributed by atoms with Gasteiger partial charge in [-0.2, -0.15) is 0 Å². The van der Waals surface area contributed by atoms with Gasteiger partial charge < -0.3 is 18.9 Å². The van der Waals surface area contributed by atoms with Crippen LogP contribution in [0.4, 0.5) is 0 Å². The lowest BCUT2D eigenvalue weighted by molar-refractivity contribution is -0.151. The van der Waals surface area contributed by atoms with Crippen LogP contribution in [0.5, 0.6) is 17.2 Å². The highest BCUT2D eigenvalue weighted by Gasteiger charge is 2.46. The number of allylic oxidation sites excluding steroid dienone is 2. The van der Waals surface area contributed by atoms with Crippen LogP contribution in [-0.4, -0.2) is 44.4 Å². The summed E-state index contributed by atoms with van der Waals surface area (Å²) in [5.41, 5.74) is 3.75. The minimum Gasteiger partial charge on any atom is -0.494 e. The maximum atomic E-state index is 13.9. The van der Waals surface area contributed by atoms with Crippen LogP contribution in [0.2, 0.25) is 0 Å². The van der Waals surface area contributed by atoms with Crippen molar-refractivity contribution in [1.82, 2.24) is 0 Å². The van der Waals surface area contributed by atoms with Gasteiger partial charge >= 0.3 is 5.97 Å². The van der Waals surface area contributed by atoms with Crippen LogP contribution in [0.15, 0.2) is 58.7 Å². The molecule has 0 fully saturated rings. The van der Waals surface area contributed by atoms with E-state index in [1.54, 1.807) is 14.2 Å². The van der Waals surface area contributed by atoms with Gasteiger partial charge in [0.1, 0.15) is 11.7 Å². The number of carbonyl (C=O) groups is 2. The molecule has 0 N–H and O–H groups in total. The zero-order chi connectivity index (χ0) is 27.4. The third kappa shape index (κ3) is 5.33. The SMILES string of the molecule is CCOc1ccccc1[C@@H]1C2=C(C[C@@H](c3ccc(OC)c(OC)c3)CC2=O)N=C(C)C1C(=O)O[C@H](C)CC. The second-order valence-corrected chi connectivity index (χ2v) is 9.84. The lowest BCUT2D eigenvalue weighted by Crippen LogP contribution is -2.39. The molecule has 1 heterocycles. The van der Waals surface area contributed by atoms with Crippen molar-refractivity contribution in [3.05, 3.63) is 64.9 Å². The van der Waals surface area contributed by atoms with E-state index in [2.05, 4.69) is 0 Å². The van der Waals surface area contributed by atoms with Crippen LogP contribution >= 0.6 is 0 Å². The molecule has 0 saturated carbocycles. The lowest BCUT2D eigenvalue weighted by Gasteiger charge is -2.37. The number of rotatable bonds is 9. The highest BCUT2D eigenvalue weighted by molar-refractivity contribution is 6.09. The van der Waals surface area contributed by atoms with E-state index < -0.39 is 11.8 Å². The Balaban J connectivity index is 1.80. The topological polar surface area (TPSA) is 83.4 Å². The number of benzene rings is 2. The Morgan fingerprint density at radius 1 is 1.03 bits per heavy atom. The van der Waals surface area contributed by atoms with Crippen molar-refractivity contribution in [2.75, 3.05) is 20.8 Å². The van der Waals surface area contributed by atoms with Gasteiger partial charge in [-0.15, -0.1) is 0 Å². The average Bonchev–Trinajstić information content (AvgIpc) is 2.92. The van der Waals surface area contributed by atoms with Gasteiger partial charge in [-0.25, -0.2) is 0 Å². The van der Waals surface area contributed by atoms with E-state index in [9.17, 15) is 9.59 Å². The second kappa shape index (κ2) is 11.8. The van der Waals surface area contributed by atoms with Gasteiger partial charge in [0, 0.05) is 34.9 Å². The van der Waals surface area contributed by atoms with Crippen molar-refractivity contribution < 1.29 is 28.5 Å². The predicted molar refractivity (Wildman–Crippen MR) is 146 cm³/mol. The number of nitrogens with zero attached hydrogens (tertiary/aromatic N) is 1. The van der Waals surface area contributed by atoms with E-state index in [0.717, 1.165) is 16.8 Å². The molecule has 1 aliphatic heterocycles. The van der Waals surface area contributed by atoms with Crippen molar-refractivity contribution >= 4 is 17.5 Å². The first kappa shape index (κ1) is 27.4. The number of esters is 1.